The van der Waals surface area contributed by atoms with Crippen molar-refractivity contribution >= 4 is 29.1 Å². The molecule has 1 atom stereocenters. The highest BCUT2D eigenvalue weighted by Gasteiger charge is 2.30. The molecule has 39 heavy (non-hydrogen) atoms. The molecule has 0 unspecified atom stereocenters. The Hall–Kier alpha value is -4.59. The first-order valence-electron chi connectivity index (χ1n) is 12.8. The van der Waals surface area contributed by atoms with E-state index in [4.69, 9.17) is 9.47 Å². The summed E-state index contributed by atoms with van der Waals surface area (Å²) >= 11 is 0. The van der Waals surface area contributed by atoms with Gasteiger partial charge in [-0.05, 0) is 54.7 Å². The molecule has 0 saturated heterocycles. The zero-order chi connectivity index (χ0) is 27.7. The maximum absolute atomic E-state index is 12.8. The molecule has 1 aliphatic carbocycles. The van der Waals surface area contributed by atoms with Gasteiger partial charge in [0.05, 0.1) is 5.52 Å². The second-order valence-electron chi connectivity index (χ2n) is 10.6. The molecule has 0 spiro atoms. The van der Waals surface area contributed by atoms with Crippen LogP contribution in [0.3, 0.4) is 0 Å². The Morgan fingerprint density at radius 3 is 2.18 bits per heavy atom. The van der Waals surface area contributed by atoms with Crippen LogP contribution in [0.5, 0.6) is 0 Å². The second-order valence-corrected chi connectivity index (χ2v) is 10.6. The van der Waals surface area contributed by atoms with E-state index >= 15 is 0 Å². The SMILES string of the molecule is CC(C)(C)OC(=O)n1ccc2cccc(C[C@H](NC(=O)OCC3c4ccccc4-c4ccccc43)C(=O)O)c21. The Bertz CT molecular complexity index is 1520. The van der Waals surface area contributed by atoms with E-state index in [-0.39, 0.29) is 18.9 Å². The molecule has 2 N–H and O–H groups in total. The number of nitrogens with one attached hydrogen (secondary N) is 1. The Kier molecular flexibility index (Phi) is 6.87. The third kappa shape index (κ3) is 5.36. The number of amides is 1. The van der Waals surface area contributed by atoms with Gasteiger partial charge in [-0.25, -0.2) is 14.4 Å². The summed E-state index contributed by atoms with van der Waals surface area (Å²) in [5.74, 6) is -1.35. The van der Waals surface area contributed by atoms with Gasteiger partial charge in [0.15, 0.2) is 0 Å². The number of carbonyl (C=O) groups is 3. The lowest BCUT2D eigenvalue weighted by molar-refractivity contribution is -0.139. The first-order chi connectivity index (χ1) is 18.6. The van der Waals surface area contributed by atoms with E-state index in [0.29, 0.717) is 11.1 Å². The normalized spacial score (nSPS) is 13.4. The molecule has 0 radical (unpaired) electrons. The standard InChI is InChI=1S/C31H30N2O6/c1-31(2,3)39-30(37)33-16-15-19-9-8-10-20(27(19)33)17-26(28(34)35)32-29(36)38-18-25-23-13-6-4-11-21(23)22-12-5-7-14-24(22)25/h4-16,25-26H,17-18H2,1-3H3,(H,32,36)(H,34,35)/t26-/m0/s1. The van der Waals surface area contributed by atoms with Crippen LogP contribution in [0.1, 0.15) is 43.4 Å². The highest BCUT2D eigenvalue weighted by molar-refractivity contribution is 5.92. The van der Waals surface area contributed by atoms with Crippen molar-refractivity contribution in [3.05, 3.63) is 95.7 Å². The van der Waals surface area contributed by atoms with Crippen LogP contribution >= 0.6 is 0 Å². The summed E-state index contributed by atoms with van der Waals surface area (Å²) in [7, 11) is 0. The van der Waals surface area contributed by atoms with E-state index in [1.165, 1.54) is 4.57 Å². The lowest BCUT2D eigenvalue weighted by Crippen LogP contribution is -2.43. The number of nitrogens with zero attached hydrogens (tertiary/aromatic N) is 1. The monoisotopic (exact) mass is 526 g/mol. The molecule has 0 fully saturated rings. The predicted molar refractivity (Wildman–Crippen MR) is 147 cm³/mol. The van der Waals surface area contributed by atoms with Crippen LogP contribution in [0.15, 0.2) is 79.0 Å². The summed E-state index contributed by atoms with van der Waals surface area (Å²) in [5.41, 5.74) is 4.75. The molecule has 4 aromatic rings. The van der Waals surface area contributed by atoms with Gasteiger partial charge in [0, 0.05) is 23.9 Å². The largest absolute Gasteiger partial charge is 0.480 e. The Labute approximate surface area is 226 Å². The van der Waals surface area contributed by atoms with Gasteiger partial charge in [0.25, 0.3) is 0 Å². The van der Waals surface area contributed by atoms with Gasteiger partial charge < -0.3 is 19.9 Å². The molecule has 1 aromatic heterocycles. The van der Waals surface area contributed by atoms with Crippen molar-refractivity contribution in [2.75, 3.05) is 6.61 Å². The van der Waals surface area contributed by atoms with Gasteiger partial charge in [0.2, 0.25) is 0 Å². The van der Waals surface area contributed by atoms with Crippen molar-refractivity contribution in [2.24, 2.45) is 0 Å². The molecule has 1 aliphatic rings. The highest BCUT2D eigenvalue weighted by Crippen LogP contribution is 2.44. The number of carbonyl (C=O) groups excluding carboxylic acids is 2. The molecule has 1 heterocycles. The molecule has 3 aromatic carbocycles. The summed E-state index contributed by atoms with van der Waals surface area (Å²) in [6.07, 6.45) is 0.154. The number of alkyl carbamates (subject to hydrolysis) is 1. The van der Waals surface area contributed by atoms with Gasteiger partial charge in [-0.15, -0.1) is 0 Å². The van der Waals surface area contributed by atoms with E-state index in [1.807, 2.05) is 54.6 Å². The molecule has 0 saturated carbocycles. The topological polar surface area (TPSA) is 107 Å². The van der Waals surface area contributed by atoms with Crippen molar-refractivity contribution in [2.45, 2.75) is 44.8 Å². The van der Waals surface area contributed by atoms with Crippen LogP contribution in [-0.4, -0.2) is 46.1 Å². The van der Waals surface area contributed by atoms with Crippen molar-refractivity contribution in [3.8, 4) is 11.1 Å². The van der Waals surface area contributed by atoms with Crippen molar-refractivity contribution in [1.29, 1.82) is 0 Å². The van der Waals surface area contributed by atoms with E-state index in [9.17, 15) is 19.5 Å². The number of rotatable bonds is 6. The number of carboxylic acids is 1. The van der Waals surface area contributed by atoms with E-state index in [2.05, 4.69) is 5.32 Å². The number of aliphatic carboxylic acids is 1. The van der Waals surface area contributed by atoms with Gasteiger partial charge in [-0.2, -0.15) is 0 Å². The minimum atomic E-state index is -1.27. The van der Waals surface area contributed by atoms with Crippen LogP contribution in [0.2, 0.25) is 0 Å². The quantitative estimate of drug-likeness (QED) is 0.321. The Morgan fingerprint density at radius 1 is 0.923 bits per heavy atom. The van der Waals surface area contributed by atoms with E-state index < -0.39 is 29.8 Å². The first kappa shape index (κ1) is 26.0. The summed E-state index contributed by atoms with van der Waals surface area (Å²) in [6, 6.07) is 21.8. The van der Waals surface area contributed by atoms with Crippen LogP contribution < -0.4 is 5.32 Å². The molecule has 5 rings (SSSR count). The average Bonchev–Trinajstić information content (AvgIpc) is 3.46. The maximum Gasteiger partial charge on any atom is 0.419 e. The number of carboxylic acid groups (broad SMARTS) is 1. The third-order valence-corrected chi connectivity index (χ3v) is 6.74. The number of hydrogen-bond donors (Lipinski definition) is 2. The van der Waals surface area contributed by atoms with E-state index in [1.54, 1.807) is 45.2 Å². The first-order valence-corrected chi connectivity index (χ1v) is 12.8. The lowest BCUT2D eigenvalue weighted by atomic mass is 9.98. The smallest absolute Gasteiger partial charge is 0.419 e. The highest BCUT2D eigenvalue weighted by atomic mass is 16.6. The van der Waals surface area contributed by atoms with Gasteiger partial charge in [0.1, 0.15) is 18.2 Å². The number of hydrogen-bond acceptors (Lipinski definition) is 5. The summed E-state index contributed by atoms with van der Waals surface area (Å²) in [4.78, 5) is 37.7. The molecule has 8 nitrogen and oxygen atoms in total. The molecule has 1 amide bonds. The minimum absolute atomic E-state index is 0.0519. The number of ether oxygens (including phenoxy) is 2. The third-order valence-electron chi connectivity index (χ3n) is 6.74. The number of aromatic nitrogens is 1. The maximum atomic E-state index is 12.8. The molecule has 0 bridgehead atoms. The van der Waals surface area contributed by atoms with Gasteiger partial charge in [-0.1, -0.05) is 66.7 Å². The number of benzene rings is 3. The van der Waals surface area contributed by atoms with Crippen LogP contribution in [-0.2, 0) is 20.7 Å². The van der Waals surface area contributed by atoms with Gasteiger partial charge >= 0.3 is 18.2 Å². The summed E-state index contributed by atoms with van der Waals surface area (Å²) in [6.45, 7) is 5.39. The fourth-order valence-electron chi connectivity index (χ4n) is 5.10. The predicted octanol–water partition coefficient (Wildman–Crippen LogP) is 5.96. The zero-order valence-electron chi connectivity index (χ0n) is 22.0. The molecule has 200 valence electrons. The zero-order valence-corrected chi connectivity index (χ0v) is 22.0. The second kappa shape index (κ2) is 10.3. The summed E-state index contributed by atoms with van der Waals surface area (Å²) in [5, 5.41) is 13.2. The fraction of sp³-hybridized carbons (Fsp3) is 0.258. The van der Waals surface area contributed by atoms with Crippen LogP contribution in [0, 0.1) is 0 Å². The Morgan fingerprint density at radius 2 is 1.56 bits per heavy atom. The lowest BCUT2D eigenvalue weighted by Gasteiger charge is -2.21. The van der Waals surface area contributed by atoms with Crippen molar-refractivity contribution < 1.29 is 29.0 Å². The Balaban J connectivity index is 1.32. The van der Waals surface area contributed by atoms with Crippen LogP contribution in [0.4, 0.5) is 9.59 Å². The minimum Gasteiger partial charge on any atom is -0.480 e. The summed E-state index contributed by atoms with van der Waals surface area (Å²) < 4.78 is 12.4. The van der Waals surface area contributed by atoms with Crippen molar-refractivity contribution in [3.63, 3.8) is 0 Å². The number of fused-ring (bicyclic) bond motifs is 4. The molecule has 0 aliphatic heterocycles. The average molecular weight is 527 g/mol. The van der Waals surface area contributed by atoms with Gasteiger partial charge in [-0.3, -0.25) is 4.57 Å². The van der Waals surface area contributed by atoms with Crippen LogP contribution in [0.25, 0.3) is 22.0 Å². The molecular weight excluding hydrogens is 496 g/mol. The fourth-order valence-corrected chi connectivity index (χ4v) is 5.10. The molecule has 8 heteroatoms. The van der Waals surface area contributed by atoms with E-state index in [0.717, 1.165) is 27.6 Å². The molecular formula is C31H30N2O6. The van der Waals surface area contributed by atoms with Crippen molar-refractivity contribution in [1.82, 2.24) is 9.88 Å². The number of para-hydroxylation sites is 1.